The third kappa shape index (κ3) is 4.73. The molecule has 0 amide bonds. The van der Waals surface area contributed by atoms with Gasteiger partial charge >= 0.3 is 0 Å². The topological polar surface area (TPSA) is 132 Å². The van der Waals surface area contributed by atoms with Crippen molar-refractivity contribution in [2.75, 3.05) is 12.4 Å². The van der Waals surface area contributed by atoms with E-state index in [4.69, 9.17) is 10.00 Å². The fourth-order valence-corrected chi connectivity index (χ4v) is 2.86. The van der Waals surface area contributed by atoms with Crippen LogP contribution in [0.2, 0.25) is 0 Å². The van der Waals surface area contributed by atoms with Crippen LogP contribution in [-0.2, 0) is 0 Å². The summed E-state index contributed by atoms with van der Waals surface area (Å²) in [6, 6.07) is 5.18. The Balaban J connectivity index is 0.000000391. The van der Waals surface area contributed by atoms with Crippen molar-refractivity contribution in [1.29, 1.82) is 5.26 Å². The van der Waals surface area contributed by atoms with Crippen LogP contribution in [0.3, 0.4) is 0 Å². The van der Waals surface area contributed by atoms with Crippen molar-refractivity contribution >= 4 is 11.6 Å². The number of methoxy groups -OCH3 is 1. The number of aromatic amines is 2. The fraction of sp³-hybridized carbons (Fsp3) is 0.316. The van der Waals surface area contributed by atoms with E-state index in [9.17, 15) is 4.79 Å². The van der Waals surface area contributed by atoms with E-state index < -0.39 is 0 Å². The molecule has 0 unspecified atom stereocenters. The van der Waals surface area contributed by atoms with Crippen LogP contribution in [0, 0.1) is 11.3 Å². The van der Waals surface area contributed by atoms with Crippen LogP contribution in [0.25, 0.3) is 11.3 Å². The first-order valence-electron chi connectivity index (χ1n) is 9.02. The zero-order valence-corrected chi connectivity index (χ0v) is 15.5. The lowest BCUT2D eigenvalue weighted by molar-refractivity contribution is 0.415. The van der Waals surface area contributed by atoms with Gasteiger partial charge in [0.05, 0.1) is 25.2 Å². The Bertz CT molecular complexity index is 991. The molecule has 28 heavy (non-hydrogen) atoms. The lowest BCUT2D eigenvalue weighted by Gasteiger charge is -2.04. The first kappa shape index (κ1) is 19.1. The van der Waals surface area contributed by atoms with Crippen molar-refractivity contribution in [3.63, 3.8) is 0 Å². The standard InChI is InChI=1S/C14H11N7O2.C5H10/c1-23-10-2-3-16-14(22)13(10)9-4-11(21-20-9)19-12-7-17-8(5-15)6-18-12;1-2-4-5-3-1/h2-4,6-7H,1H3,(H,16,22)(H2,18,19,20,21);1-5H2. The van der Waals surface area contributed by atoms with Crippen molar-refractivity contribution in [2.45, 2.75) is 32.1 Å². The molecule has 3 heterocycles. The summed E-state index contributed by atoms with van der Waals surface area (Å²) in [7, 11) is 1.49. The number of ether oxygens (including phenoxy) is 1. The molecule has 0 spiro atoms. The van der Waals surface area contributed by atoms with Crippen LogP contribution in [0.1, 0.15) is 37.8 Å². The molecule has 0 bridgehead atoms. The van der Waals surface area contributed by atoms with Gasteiger partial charge in [-0.3, -0.25) is 9.89 Å². The Kier molecular flexibility index (Phi) is 6.36. The molecule has 3 aromatic rings. The monoisotopic (exact) mass is 379 g/mol. The molecule has 1 fully saturated rings. The minimum Gasteiger partial charge on any atom is -0.496 e. The van der Waals surface area contributed by atoms with Crippen LogP contribution in [0.15, 0.2) is 35.5 Å². The Labute approximate surface area is 161 Å². The zero-order chi connectivity index (χ0) is 19.8. The highest BCUT2D eigenvalue weighted by atomic mass is 16.5. The SMILES string of the molecule is C1CCCC1.COc1cc[nH]c(=O)c1-c1cc(Nc2cnc(C#N)cn2)n[nH]1. The van der Waals surface area contributed by atoms with Crippen LogP contribution < -0.4 is 15.6 Å². The first-order valence-corrected chi connectivity index (χ1v) is 9.02. The number of H-pyrrole nitrogens is 2. The third-order valence-corrected chi connectivity index (χ3v) is 4.26. The van der Waals surface area contributed by atoms with Gasteiger partial charge in [-0.2, -0.15) is 10.4 Å². The van der Waals surface area contributed by atoms with Crippen molar-refractivity contribution in [2.24, 2.45) is 0 Å². The Morgan fingerprint density at radius 1 is 1.14 bits per heavy atom. The second kappa shape index (κ2) is 9.32. The molecule has 0 radical (unpaired) electrons. The van der Waals surface area contributed by atoms with E-state index in [1.807, 2.05) is 6.07 Å². The van der Waals surface area contributed by atoms with E-state index in [0.29, 0.717) is 28.6 Å². The number of aromatic nitrogens is 5. The number of hydrogen-bond acceptors (Lipinski definition) is 7. The van der Waals surface area contributed by atoms with Gasteiger partial charge < -0.3 is 15.0 Å². The molecule has 0 atom stereocenters. The first-order chi connectivity index (χ1) is 13.7. The van der Waals surface area contributed by atoms with Crippen LogP contribution in [-0.4, -0.2) is 32.3 Å². The van der Waals surface area contributed by atoms with Crippen molar-refractivity contribution in [3.8, 4) is 23.1 Å². The van der Waals surface area contributed by atoms with Gasteiger partial charge in [0.15, 0.2) is 11.5 Å². The summed E-state index contributed by atoms with van der Waals surface area (Å²) in [5, 5.41) is 18.4. The maximum Gasteiger partial charge on any atom is 0.261 e. The summed E-state index contributed by atoms with van der Waals surface area (Å²) in [4.78, 5) is 22.5. The molecule has 4 rings (SSSR count). The van der Waals surface area contributed by atoms with E-state index in [2.05, 4.69) is 30.5 Å². The normalized spacial score (nSPS) is 12.6. The molecule has 0 aliphatic heterocycles. The predicted molar refractivity (Wildman–Crippen MR) is 104 cm³/mol. The van der Waals surface area contributed by atoms with Gasteiger partial charge in [0.2, 0.25) is 0 Å². The molecule has 144 valence electrons. The van der Waals surface area contributed by atoms with E-state index in [1.54, 1.807) is 12.1 Å². The van der Waals surface area contributed by atoms with Gasteiger partial charge in [-0.15, -0.1) is 0 Å². The van der Waals surface area contributed by atoms with Crippen molar-refractivity contribution in [1.82, 2.24) is 25.1 Å². The second-order valence-electron chi connectivity index (χ2n) is 6.21. The van der Waals surface area contributed by atoms with Crippen LogP contribution in [0.4, 0.5) is 11.6 Å². The van der Waals surface area contributed by atoms with Gasteiger partial charge in [-0.05, 0) is 6.07 Å². The molecule has 0 saturated heterocycles. The van der Waals surface area contributed by atoms with Gasteiger partial charge in [-0.1, -0.05) is 32.1 Å². The summed E-state index contributed by atoms with van der Waals surface area (Å²) in [6.07, 6.45) is 11.8. The fourth-order valence-electron chi connectivity index (χ4n) is 2.86. The van der Waals surface area contributed by atoms with Crippen molar-refractivity contribution in [3.05, 3.63) is 46.8 Å². The highest BCUT2D eigenvalue weighted by molar-refractivity contribution is 5.69. The Morgan fingerprint density at radius 3 is 2.50 bits per heavy atom. The second-order valence-corrected chi connectivity index (χ2v) is 6.21. The minimum absolute atomic E-state index is 0.221. The molecule has 1 aliphatic rings. The zero-order valence-electron chi connectivity index (χ0n) is 15.5. The number of nitrogens with zero attached hydrogens (tertiary/aromatic N) is 4. The summed E-state index contributed by atoms with van der Waals surface area (Å²) in [6.45, 7) is 0. The molecule has 1 aliphatic carbocycles. The highest BCUT2D eigenvalue weighted by Gasteiger charge is 2.13. The van der Waals surface area contributed by atoms with E-state index >= 15 is 0 Å². The number of hydrogen-bond donors (Lipinski definition) is 3. The van der Waals surface area contributed by atoms with Crippen molar-refractivity contribution < 1.29 is 4.74 Å². The lowest BCUT2D eigenvalue weighted by Crippen LogP contribution is -2.09. The molecule has 9 nitrogen and oxygen atoms in total. The summed E-state index contributed by atoms with van der Waals surface area (Å²) < 4.78 is 5.19. The summed E-state index contributed by atoms with van der Waals surface area (Å²) in [5.74, 6) is 1.31. The smallest absolute Gasteiger partial charge is 0.261 e. The largest absolute Gasteiger partial charge is 0.496 e. The maximum atomic E-state index is 12.0. The van der Waals surface area contributed by atoms with Crippen LogP contribution in [0.5, 0.6) is 5.75 Å². The number of pyridine rings is 1. The van der Waals surface area contributed by atoms with E-state index in [0.717, 1.165) is 0 Å². The number of rotatable bonds is 4. The lowest BCUT2D eigenvalue weighted by atomic mass is 10.2. The quantitative estimate of drug-likeness (QED) is 0.634. The predicted octanol–water partition coefficient (Wildman–Crippen LogP) is 3.13. The number of anilines is 2. The molecular formula is C19H21N7O2. The third-order valence-electron chi connectivity index (χ3n) is 4.26. The molecule has 0 aromatic carbocycles. The molecular weight excluding hydrogens is 358 g/mol. The average Bonchev–Trinajstić information content (AvgIpc) is 3.44. The van der Waals surface area contributed by atoms with Gasteiger partial charge in [0, 0.05) is 12.3 Å². The van der Waals surface area contributed by atoms with Gasteiger partial charge in [0.1, 0.15) is 23.2 Å². The maximum absolute atomic E-state index is 12.0. The summed E-state index contributed by atoms with van der Waals surface area (Å²) in [5.41, 5.74) is 0.769. The van der Waals surface area contributed by atoms with Crippen LogP contribution >= 0.6 is 0 Å². The van der Waals surface area contributed by atoms with Gasteiger partial charge in [0.25, 0.3) is 5.56 Å². The molecule has 9 heteroatoms. The highest BCUT2D eigenvalue weighted by Crippen LogP contribution is 2.26. The minimum atomic E-state index is -0.294. The van der Waals surface area contributed by atoms with E-state index in [1.165, 1.54) is 57.8 Å². The Hall–Kier alpha value is -3.67. The van der Waals surface area contributed by atoms with E-state index in [-0.39, 0.29) is 11.3 Å². The number of nitriles is 1. The summed E-state index contributed by atoms with van der Waals surface area (Å²) >= 11 is 0. The molecule has 3 N–H and O–H groups in total. The molecule has 3 aromatic heterocycles. The Morgan fingerprint density at radius 2 is 1.89 bits per heavy atom. The number of nitrogens with one attached hydrogen (secondary N) is 3. The molecule has 1 saturated carbocycles. The van der Waals surface area contributed by atoms with Gasteiger partial charge in [-0.25, -0.2) is 9.97 Å². The average molecular weight is 379 g/mol.